The second kappa shape index (κ2) is 11.2. The van der Waals surface area contributed by atoms with Crippen molar-refractivity contribution in [2.45, 2.75) is 6.92 Å². The first-order chi connectivity index (χ1) is 16.9. The average Bonchev–Trinajstić information content (AvgIpc) is 3.27. The zero-order valence-corrected chi connectivity index (χ0v) is 21.4. The van der Waals surface area contributed by atoms with Crippen molar-refractivity contribution in [1.82, 2.24) is 10.3 Å². The van der Waals surface area contributed by atoms with Gasteiger partial charge in [0.05, 0.1) is 13.7 Å². The maximum Gasteiger partial charge on any atom is 0.250 e. The maximum atomic E-state index is 12.3. The van der Waals surface area contributed by atoms with Crippen LogP contribution in [-0.2, 0) is 4.79 Å². The third-order valence-electron chi connectivity index (χ3n) is 4.90. The molecule has 0 spiro atoms. The van der Waals surface area contributed by atoms with E-state index in [-0.39, 0.29) is 11.0 Å². The number of oxazole rings is 1. The Morgan fingerprint density at radius 1 is 1.14 bits per heavy atom. The molecule has 2 N–H and O–H groups in total. The molecule has 1 amide bonds. The van der Waals surface area contributed by atoms with Crippen LogP contribution >= 0.6 is 28.1 Å². The number of rotatable bonds is 7. The molecule has 0 saturated heterocycles. The summed E-state index contributed by atoms with van der Waals surface area (Å²) < 4.78 is 17.5. The molecule has 0 radical (unpaired) electrons. The molecule has 0 fully saturated rings. The fourth-order valence-corrected chi connectivity index (χ4v) is 3.90. The van der Waals surface area contributed by atoms with Crippen molar-refractivity contribution in [2.24, 2.45) is 0 Å². The molecule has 0 unspecified atom stereocenters. The summed E-state index contributed by atoms with van der Waals surface area (Å²) in [7, 11) is 1.58. The highest BCUT2D eigenvalue weighted by molar-refractivity contribution is 9.10. The number of amides is 1. The number of anilines is 1. The number of thiocarbonyl (C=S) groups is 1. The molecule has 0 aliphatic carbocycles. The Bertz CT molecular complexity index is 1400. The standard InChI is InChI=1S/C26H22BrN3O4S/c1-3-33-20-9-4-16(5-10-20)25-29-21-15-19(8-12-23(21)34-25)28-26(35)30-24(31)13-6-17-14-18(27)7-11-22(17)32-2/h4-15H,3H2,1-2H3,(H2,28,30,31,35)/b13-6+. The van der Waals surface area contributed by atoms with Gasteiger partial charge in [0.15, 0.2) is 10.7 Å². The Hall–Kier alpha value is -3.69. The molecule has 0 atom stereocenters. The first kappa shape index (κ1) is 24.4. The van der Waals surface area contributed by atoms with Crippen molar-refractivity contribution in [1.29, 1.82) is 0 Å². The lowest BCUT2D eigenvalue weighted by Crippen LogP contribution is -2.32. The number of nitrogens with zero attached hydrogens (tertiary/aromatic N) is 1. The smallest absolute Gasteiger partial charge is 0.250 e. The number of nitrogens with one attached hydrogen (secondary N) is 2. The minimum Gasteiger partial charge on any atom is -0.496 e. The van der Waals surface area contributed by atoms with E-state index in [1.807, 2.05) is 49.4 Å². The molecule has 0 aliphatic heterocycles. The number of methoxy groups -OCH3 is 1. The van der Waals surface area contributed by atoms with Crippen molar-refractivity contribution >= 4 is 62.0 Å². The Labute approximate surface area is 216 Å². The quantitative estimate of drug-likeness (QED) is 0.209. The van der Waals surface area contributed by atoms with Gasteiger partial charge < -0.3 is 19.2 Å². The molecule has 178 valence electrons. The molecule has 0 bridgehead atoms. The Morgan fingerprint density at radius 2 is 1.94 bits per heavy atom. The predicted octanol–water partition coefficient (Wildman–Crippen LogP) is 6.19. The van der Waals surface area contributed by atoms with Crippen LogP contribution in [0.5, 0.6) is 11.5 Å². The molecule has 0 aliphatic rings. The summed E-state index contributed by atoms with van der Waals surface area (Å²) in [6, 6.07) is 18.5. The van der Waals surface area contributed by atoms with Crippen molar-refractivity contribution in [2.75, 3.05) is 19.0 Å². The molecule has 3 aromatic carbocycles. The van der Waals surface area contributed by atoms with Crippen LogP contribution in [0.15, 0.2) is 75.6 Å². The van der Waals surface area contributed by atoms with E-state index in [4.69, 9.17) is 26.1 Å². The second-order valence-corrected chi connectivity index (χ2v) is 8.65. The van der Waals surface area contributed by atoms with Crippen molar-refractivity contribution in [3.8, 4) is 23.0 Å². The van der Waals surface area contributed by atoms with Gasteiger partial charge in [-0.3, -0.25) is 10.1 Å². The predicted molar refractivity (Wildman–Crippen MR) is 145 cm³/mol. The van der Waals surface area contributed by atoms with Crippen LogP contribution in [0.4, 0.5) is 5.69 Å². The van der Waals surface area contributed by atoms with Crippen molar-refractivity contribution in [3.63, 3.8) is 0 Å². The van der Waals surface area contributed by atoms with E-state index in [1.165, 1.54) is 6.08 Å². The Kier molecular flexibility index (Phi) is 7.79. The summed E-state index contributed by atoms with van der Waals surface area (Å²) in [4.78, 5) is 16.9. The number of carbonyl (C=O) groups excluding carboxylic acids is 1. The highest BCUT2D eigenvalue weighted by Gasteiger charge is 2.10. The number of benzene rings is 3. The SMILES string of the molecule is CCOc1ccc(-c2nc3cc(NC(=S)NC(=O)/C=C/c4cc(Br)ccc4OC)ccc3o2)cc1. The van der Waals surface area contributed by atoms with E-state index in [1.54, 1.807) is 31.4 Å². The molecule has 4 rings (SSSR count). The molecule has 35 heavy (non-hydrogen) atoms. The van der Waals surface area contributed by atoms with Gasteiger partial charge in [-0.25, -0.2) is 4.98 Å². The zero-order valence-electron chi connectivity index (χ0n) is 19.0. The van der Waals surface area contributed by atoms with Crippen LogP contribution in [-0.4, -0.2) is 29.7 Å². The highest BCUT2D eigenvalue weighted by Crippen LogP contribution is 2.28. The number of hydrogen-bond acceptors (Lipinski definition) is 6. The number of carbonyl (C=O) groups is 1. The summed E-state index contributed by atoms with van der Waals surface area (Å²) in [5.41, 5.74) is 3.58. The Morgan fingerprint density at radius 3 is 2.69 bits per heavy atom. The molecule has 9 heteroatoms. The first-order valence-corrected chi connectivity index (χ1v) is 11.9. The lowest BCUT2D eigenvalue weighted by molar-refractivity contribution is -0.115. The van der Waals surface area contributed by atoms with Gasteiger partial charge in [0.25, 0.3) is 0 Å². The van der Waals surface area contributed by atoms with E-state index in [9.17, 15) is 4.79 Å². The molecule has 7 nitrogen and oxygen atoms in total. The monoisotopic (exact) mass is 551 g/mol. The fraction of sp³-hybridized carbons (Fsp3) is 0.115. The fourth-order valence-electron chi connectivity index (χ4n) is 3.31. The number of fused-ring (bicyclic) bond motifs is 1. The van der Waals surface area contributed by atoms with Gasteiger partial charge in [-0.2, -0.15) is 0 Å². The summed E-state index contributed by atoms with van der Waals surface area (Å²) in [6.45, 7) is 2.55. The minimum atomic E-state index is -0.371. The molecule has 4 aromatic rings. The van der Waals surface area contributed by atoms with Gasteiger partial charge in [-0.1, -0.05) is 15.9 Å². The lowest BCUT2D eigenvalue weighted by Gasteiger charge is -2.08. The third kappa shape index (κ3) is 6.26. The minimum absolute atomic E-state index is 0.162. The number of halogens is 1. The third-order valence-corrected chi connectivity index (χ3v) is 5.60. The van der Waals surface area contributed by atoms with Crippen molar-refractivity contribution < 1.29 is 18.7 Å². The summed E-state index contributed by atoms with van der Waals surface area (Å²) in [5.74, 6) is 1.58. The number of ether oxygens (including phenoxy) is 2. The summed E-state index contributed by atoms with van der Waals surface area (Å²) >= 11 is 8.70. The van der Waals surface area contributed by atoms with E-state index in [0.29, 0.717) is 35.0 Å². The molecule has 0 saturated carbocycles. The highest BCUT2D eigenvalue weighted by atomic mass is 79.9. The van der Waals surface area contributed by atoms with Crippen LogP contribution < -0.4 is 20.1 Å². The second-order valence-electron chi connectivity index (χ2n) is 7.32. The van der Waals surface area contributed by atoms with E-state index >= 15 is 0 Å². The summed E-state index contributed by atoms with van der Waals surface area (Å²) in [6.07, 6.45) is 3.05. The average molecular weight is 552 g/mol. The van der Waals surface area contributed by atoms with Gasteiger partial charge in [-0.05, 0) is 85.9 Å². The van der Waals surface area contributed by atoms with Gasteiger partial charge in [0, 0.05) is 27.4 Å². The maximum absolute atomic E-state index is 12.3. The summed E-state index contributed by atoms with van der Waals surface area (Å²) in [5, 5.41) is 5.79. The number of hydrogen-bond donors (Lipinski definition) is 2. The lowest BCUT2D eigenvalue weighted by atomic mass is 10.2. The van der Waals surface area contributed by atoms with Crippen LogP contribution in [0.2, 0.25) is 0 Å². The van der Waals surface area contributed by atoms with E-state index in [2.05, 4.69) is 31.5 Å². The zero-order chi connectivity index (χ0) is 24.8. The van der Waals surface area contributed by atoms with Gasteiger partial charge in [0.2, 0.25) is 11.8 Å². The van der Waals surface area contributed by atoms with Gasteiger partial charge in [0.1, 0.15) is 17.0 Å². The molecular weight excluding hydrogens is 530 g/mol. The molecule has 1 aromatic heterocycles. The largest absolute Gasteiger partial charge is 0.496 e. The van der Waals surface area contributed by atoms with Gasteiger partial charge >= 0.3 is 0 Å². The van der Waals surface area contributed by atoms with E-state index in [0.717, 1.165) is 21.3 Å². The van der Waals surface area contributed by atoms with Crippen LogP contribution in [0.3, 0.4) is 0 Å². The normalized spacial score (nSPS) is 10.9. The van der Waals surface area contributed by atoms with Crippen LogP contribution in [0, 0.1) is 0 Å². The first-order valence-electron chi connectivity index (χ1n) is 10.7. The van der Waals surface area contributed by atoms with Crippen LogP contribution in [0.25, 0.3) is 28.6 Å². The molecular formula is C26H22BrN3O4S. The van der Waals surface area contributed by atoms with E-state index < -0.39 is 0 Å². The topological polar surface area (TPSA) is 85.6 Å². The van der Waals surface area contributed by atoms with Crippen LogP contribution in [0.1, 0.15) is 12.5 Å². The molecule has 1 heterocycles. The number of aromatic nitrogens is 1. The Balaban J connectivity index is 1.40. The van der Waals surface area contributed by atoms with Gasteiger partial charge in [-0.15, -0.1) is 0 Å². The van der Waals surface area contributed by atoms with Crippen molar-refractivity contribution in [3.05, 3.63) is 76.8 Å².